The molecule has 2 fully saturated rings. The van der Waals surface area contributed by atoms with E-state index in [2.05, 4.69) is 26.8 Å². The van der Waals surface area contributed by atoms with E-state index in [1.165, 1.54) is 41.6 Å². The van der Waals surface area contributed by atoms with Crippen LogP contribution < -0.4 is 0 Å². The number of nitrogens with zero attached hydrogens (tertiary/aromatic N) is 2. The average Bonchev–Trinajstić information content (AvgIpc) is 3.03. The lowest BCUT2D eigenvalue weighted by atomic mass is 9.73. The van der Waals surface area contributed by atoms with Crippen molar-refractivity contribution in [2.45, 2.75) is 78.6 Å². The van der Waals surface area contributed by atoms with Crippen molar-refractivity contribution in [3.05, 3.63) is 22.5 Å². The SMILES string of the molecule is Cc1nc(CCCC(C)C2CS(=O)(=O)C2)c2cc(C3CCC(C)(C)CC3)sc2n1. The number of hydrogen-bond acceptors (Lipinski definition) is 5. The van der Waals surface area contributed by atoms with Crippen LogP contribution in [-0.2, 0) is 16.3 Å². The molecule has 0 bridgehead atoms. The first-order chi connectivity index (χ1) is 13.6. The molecule has 0 aromatic carbocycles. The van der Waals surface area contributed by atoms with Crippen LogP contribution in [0.25, 0.3) is 10.2 Å². The van der Waals surface area contributed by atoms with Gasteiger partial charge in [-0.25, -0.2) is 18.4 Å². The predicted molar refractivity (Wildman–Crippen MR) is 121 cm³/mol. The zero-order valence-electron chi connectivity index (χ0n) is 18.2. The molecule has 4 rings (SSSR count). The van der Waals surface area contributed by atoms with Gasteiger partial charge in [-0.15, -0.1) is 11.3 Å². The van der Waals surface area contributed by atoms with E-state index in [9.17, 15) is 8.42 Å². The van der Waals surface area contributed by atoms with E-state index < -0.39 is 9.84 Å². The fourth-order valence-corrected chi connectivity index (χ4v) is 8.08. The third-order valence-electron chi connectivity index (χ3n) is 7.16. The van der Waals surface area contributed by atoms with E-state index in [0.717, 1.165) is 29.9 Å². The van der Waals surface area contributed by atoms with E-state index >= 15 is 0 Å². The van der Waals surface area contributed by atoms with Crippen molar-refractivity contribution in [3.63, 3.8) is 0 Å². The number of fused-ring (bicyclic) bond motifs is 1. The molecule has 0 radical (unpaired) electrons. The lowest BCUT2D eigenvalue weighted by molar-refractivity contribution is 0.226. The van der Waals surface area contributed by atoms with Crippen LogP contribution >= 0.6 is 11.3 Å². The maximum absolute atomic E-state index is 11.4. The van der Waals surface area contributed by atoms with Gasteiger partial charge in [-0.1, -0.05) is 27.2 Å². The van der Waals surface area contributed by atoms with Crippen molar-refractivity contribution in [2.75, 3.05) is 11.5 Å². The molecular formula is C23H34N2O2S2. The zero-order valence-corrected chi connectivity index (χ0v) is 19.8. The van der Waals surface area contributed by atoms with Crippen LogP contribution in [-0.4, -0.2) is 29.9 Å². The first-order valence-electron chi connectivity index (χ1n) is 11.1. The Labute approximate surface area is 179 Å². The van der Waals surface area contributed by atoms with Gasteiger partial charge in [0.25, 0.3) is 0 Å². The van der Waals surface area contributed by atoms with Crippen molar-refractivity contribution in [3.8, 4) is 0 Å². The summed E-state index contributed by atoms with van der Waals surface area (Å²) in [5.41, 5.74) is 1.67. The van der Waals surface area contributed by atoms with Crippen molar-refractivity contribution in [2.24, 2.45) is 17.3 Å². The summed E-state index contributed by atoms with van der Waals surface area (Å²) in [7, 11) is -2.72. The second kappa shape index (κ2) is 7.92. The van der Waals surface area contributed by atoms with Crippen LogP contribution in [0.3, 0.4) is 0 Å². The number of rotatable bonds is 6. The summed E-state index contributed by atoms with van der Waals surface area (Å²) in [6.45, 7) is 8.98. The van der Waals surface area contributed by atoms with E-state index in [1.807, 2.05) is 18.3 Å². The fraction of sp³-hybridized carbons (Fsp3) is 0.739. The first kappa shape index (κ1) is 21.2. The minimum Gasteiger partial charge on any atom is -0.238 e. The minimum absolute atomic E-state index is 0.357. The van der Waals surface area contributed by atoms with Crippen LogP contribution in [0.15, 0.2) is 6.07 Å². The van der Waals surface area contributed by atoms with Crippen molar-refractivity contribution < 1.29 is 8.42 Å². The molecule has 160 valence electrons. The summed E-state index contributed by atoms with van der Waals surface area (Å²) in [5.74, 6) is 3.14. The van der Waals surface area contributed by atoms with Gasteiger partial charge >= 0.3 is 0 Å². The Morgan fingerprint density at radius 1 is 1.21 bits per heavy atom. The van der Waals surface area contributed by atoms with Gasteiger partial charge < -0.3 is 0 Å². The second-order valence-electron chi connectivity index (χ2n) is 10.2. The molecule has 1 atom stereocenters. The standard InChI is InChI=1S/C23H34N2O2S2/c1-15(18-13-29(26,27)14-18)6-5-7-20-19-12-21(28-22(19)25-16(2)24-20)17-8-10-23(3,4)11-9-17/h12,15,17-18H,5-11,13-14H2,1-4H3. The Balaban J connectivity index is 1.43. The molecule has 0 N–H and O–H groups in total. The summed E-state index contributed by atoms with van der Waals surface area (Å²) < 4.78 is 22.9. The largest absolute Gasteiger partial charge is 0.238 e. The molecule has 0 spiro atoms. The van der Waals surface area contributed by atoms with Crippen molar-refractivity contribution in [1.29, 1.82) is 0 Å². The normalized spacial score (nSPS) is 23.2. The Morgan fingerprint density at radius 3 is 2.55 bits per heavy atom. The molecular weight excluding hydrogens is 400 g/mol. The zero-order chi connectivity index (χ0) is 20.8. The average molecular weight is 435 g/mol. The predicted octanol–water partition coefficient (Wildman–Crippen LogP) is 5.69. The topological polar surface area (TPSA) is 59.9 Å². The highest BCUT2D eigenvalue weighted by Crippen LogP contribution is 2.45. The highest BCUT2D eigenvalue weighted by molar-refractivity contribution is 7.92. The van der Waals surface area contributed by atoms with Gasteiger partial charge in [0.15, 0.2) is 9.84 Å². The molecule has 4 nitrogen and oxygen atoms in total. The van der Waals surface area contributed by atoms with E-state index in [-0.39, 0.29) is 0 Å². The molecule has 29 heavy (non-hydrogen) atoms. The maximum atomic E-state index is 11.4. The molecule has 1 saturated heterocycles. The quantitative estimate of drug-likeness (QED) is 0.586. The minimum atomic E-state index is -2.72. The summed E-state index contributed by atoms with van der Waals surface area (Å²) >= 11 is 1.87. The van der Waals surface area contributed by atoms with Crippen LogP contribution in [0.2, 0.25) is 0 Å². The number of sulfone groups is 1. The summed E-state index contributed by atoms with van der Waals surface area (Å²) in [5, 5.41) is 1.25. The maximum Gasteiger partial charge on any atom is 0.150 e. The molecule has 1 saturated carbocycles. The number of hydrogen-bond donors (Lipinski definition) is 0. The van der Waals surface area contributed by atoms with Gasteiger partial charge in [0.1, 0.15) is 10.7 Å². The molecule has 2 aromatic rings. The Hall–Kier alpha value is -1.01. The smallest absolute Gasteiger partial charge is 0.150 e. The van der Waals surface area contributed by atoms with E-state index in [0.29, 0.717) is 34.7 Å². The molecule has 2 aliphatic rings. The lowest BCUT2D eigenvalue weighted by Crippen LogP contribution is -2.40. The highest BCUT2D eigenvalue weighted by Gasteiger charge is 2.36. The van der Waals surface area contributed by atoms with Gasteiger partial charge in [0, 0.05) is 10.3 Å². The van der Waals surface area contributed by atoms with Gasteiger partial charge in [0.05, 0.1) is 17.2 Å². The van der Waals surface area contributed by atoms with Crippen molar-refractivity contribution >= 4 is 31.4 Å². The van der Waals surface area contributed by atoms with Crippen LogP contribution in [0.4, 0.5) is 0 Å². The monoisotopic (exact) mass is 434 g/mol. The first-order valence-corrected chi connectivity index (χ1v) is 13.7. The van der Waals surface area contributed by atoms with E-state index in [1.54, 1.807) is 0 Å². The fourth-order valence-electron chi connectivity index (χ4n) is 4.95. The lowest BCUT2D eigenvalue weighted by Gasteiger charge is -2.33. The number of thiophene rings is 1. The molecule has 0 amide bonds. The van der Waals surface area contributed by atoms with Gasteiger partial charge in [-0.05, 0) is 74.7 Å². The Morgan fingerprint density at radius 2 is 1.90 bits per heavy atom. The van der Waals surface area contributed by atoms with Crippen molar-refractivity contribution in [1.82, 2.24) is 9.97 Å². The van der Waals surface area contributed by atoms with Gasteiger partial charge in [0.2, 0.25) is 0 Å². The molecule has 1 aliphatic carbocycles. The third kappa shape index (κ3) is 4.84. The number of aromatic nitrogens is 2. The molecule has 2 aromatic heterocycles. The highest BCUT2D eigenvalue weighted by atomic mass is 32.2. The molecule has 6 heteroatoms. The van der Waals surface area contributed by atoms with E-state index in [4.69, 9.17) is 9.97 Å². The summed E-state index contributed by atoms with van der Waals surface area (Å²) in [4.78, 5) is 12.1. The Bertz CT molecular complexity index is 972. The van der Waals surface area contributed by atoms with Crippen LogP contribution in [0.5, 0.6) is 0 Å². The molecule has 3 heterocycles. The summed E-state index contributed by atoms with van der Waals surface area (Å²) in [6.07, 6.45) is 8.26. The molecule has 1 aliphatic heterocycles. The molecule has 1 unspecified atom stereocenters. The van der Waals surface area contributed by atoms with Crippen LogP contribution in [0.1, 0.15) is 81.6 Å². The van der Waals surface area contributed by atoms with Crippen LogP contribution in [0, 0.1) is 24.2 Å². The number of aryl methyl sites for hydroxylation is 2. The van der Waals surface area contributed by atoms with Gasteiger partial charge in [-0.3, -0.25) is 0 Å². The summed E-state index contributed by atoms with van der Waals surface area (Å²) in [6, 6.07) is 2.37. The Kier molecular flexibility index (Phi) is 5.80. The second-order valence-corrected chi connectivity index (χ2v) is 13.4. The third-order valence-corrected chi connectivity index (χ3v) is 10.2. The van der Waals surface area contributed by atoms with Gasteiger partial charge in [-0.2, -0.15) is 0 Å².